The third kappa shape index (κ3) is 4.91. The zero-order chi connectivity index (χ0) is 18.2. The van der Waals surface area contributed by atoms with E-state index in [1.54, 1.807) is 0 Å². The first-order valence-corrected chi connectivity index (χ1v) is 9.93. The van der Waals surface area contributed by atoms with Crippen LogP contribution in [0.3, 0.4) is 0 Å². The fourth-order valence-corrected chi connectivity index (χ4v) is 4.97. The summed E-state index contributed by atoms with van der Waals surface area (Å²) in [6.07, 6.45) is 0. The van der Waals surface area contributed by atoms with Gasteiger partial charge in [0.1, 0.15) is 5.76 Å². The molecule has 0 aliphatic heterocycles. The second-order valence-corrected chi connectivity index (χ2v) is 8.14. The van der Waals surface area contributed by atoms with Gasteiger partial charge in [-0.15, -0.1) is 0 Å². The van der Waals surface area contributed by atoms with E-state index in [9.17, 15) is 0 Å². The van der Waals surface area contributed by atoms with E-state index in [0.717, 1.165) is 11.5 Å². The minimum absolute atomic E-state index is 0.446. The molecule has 0 N–H and O–H groups in total. The van der Waals surface area contributed by atoms with Gasteiger partial charge in [-0.1, -0.05) is 96.2 Å². The number of hydrogen-bond acceptors (Lipinski definition) is 2. The maximum absolute atomic E-state index is 4.71. The van der Waals surface area contributed by atoms with Gasteiger partial charge in [0.25, 0.3) is 0 Å². The van der Waals surface area contributed by atoms with Crippen molar-refractivity contribution in [3.63, 3.8) is 0 Å². The van der Waals surface area contributed by atoms with E-state index in [2.05, 4.69) is 96.2 Å². The molecule has 2 nitrogen and oxygen atoms in total. The highest BCUT2D eigenvalue weighted by molar-refractivity contribution is 7.79. The molecule has 0 amide bonds. The molecule has 0 radical (unpaired) electrons. The summed E-state index contributed by atoms with van der Waals surface area (Å²) < 4.78 is 4.71. The van der Waals surface area contributed by atoms with E-state index < -0.39 is 7.92 Å². The molecule has 3 heteroatoms. The molecule has 26 heavy (non-hydrogen) atoms. The maximum atomic E-state index is 4.71. The van der Waals surface area contributed by atoms with Gasteiger partial charge >= 0.3 is 0 Å². The number of aromatic nitrogens is 1. The van der Waals surface area contributed by atoms with Crippen LogP contribution >= 0.6 is 7.92 Å². The van der Waals surface area contributed by atoms with Gasteiger partial charge in [-0.05, 0) is 37.7 Å². The lowest BCUT2D eigenvalue weighted by Crippen LogP contribution is -2.20. The van der Waals surface area contributed by atoms with Crippen LogP contribution < -0.4 is 15.9 Å². The number of hydrogen-bond donors (Lipinski definition) is 0. The Morgan fingerprint density at radius 1 is 0.615 bits per heavy atom. The molecular weight excluding hydrogens is 337 g/mol. The minimum Gasteiger partial charge on any atom is -0.361 e. The summed E-state index contributed by atoms with van der Waals surface area (Å²) in [6.45, 7) is 3.77. The van der Waals surface area contributed by atoms with E-state index in [-0.39, 0.29) is 0 Å². The Balaban J connectivity index is 0.000000236. The van der Waals surface area contributed by atoms with Gasteiger partial charge in [0, 0.05) is 6.07 Å². The zero-order valence-electron chi connectivity index (χ0n) is 15.0. The van der Waals surface area contributed by atoms with Crippen LogP contribution in [0.2, 0.25) is 0 Å². The normalized spacial score (nSPS) is 10.3. The van der Waals surface area contributed by atoms with E-state index in [0.29, 0.717) is 0 Å². The molecule has 0 spiro atoms. The number of rotatable bonds is 3. The highest BCUT2D eigenvalue weighted by Gasteiger charge is 2.14. The summed E-state index contributed by atoms with van der Waals surface area (Å²) in [5.74, 6) is 0.873. The predicted octanol–water partition coefficient (Wildman–Crippen LogP) is 4.74. The summed E-state index contributed by atoms with van der Waals surface area (Å²) in [5, 5.41) is 7.84. The van der Waals surface area contributed by atoms with Crippen LogP contribution in [0.25, 0.3) is 0 Å². The summed E-state index contributed by atoms with van der Waals surface area (Å²) in [7, 11) is -0.446. The highest BCUT2D eigenvalue weighted by Crippen LogP contribution is 2.32. The Labute approximate surface area is 156 Å². The Hall–Kier alpha value is -2.70. The molecule has 3 aromatic carbocycles. The van der Waals surface area contributed by atoms with Crippen LogP contribution in [0, 0.1) is 13.8 Å². The zero-order valence-corrected chi connectivity index (χ0v) is 15.9. The van der Waals surface area contributed by atoms with Crippen molar-refractivity contribution in [3.05, 3.63) is 109 Å². The van der Waals surface area contributed by atoms with Crippen LogP contribution in [0.5, 0.6) is 0 Å². The van der Waals surface area contributed by atoms with Crippen molar-refractivity contribution in [1.29, 1.82) is 0 Å². The second kappa shape index (κ2) is 9.12. The van der Waals surface area contributed by atoms with E-state index in [1.165, 1.54) is 15.9 Å². The molecule has 0 atom stereocenters. The fourth-order valence-electron chi connectivity index (χ4n) is 2.67. The smallest absolute Gasteiger partial charge is 0.133 e. The van der Waals surface area contributed by atoms with Gasteiger partial charge in [-0.2, -0.15) is 0 Å². The SMILES string of the molecule is Cc1cc(C)on1.c1ccc(P(c2ccccc2)c2ccccc2)cc1. The molecule has 4 aromatic rings. The Bertz CT molecular complexity index is 794. The van der Waals surface area contributed by atoms with Gasteiger partial charge in [0.15, 0.2) is 0 Å². The summed E-state index contributed by atoms with van der Waals surface area (Å²) in [5.41, 5.74) is 0.942. The molecule has 4 rings (SSSR count). The average molecular weight is 359 g/mol. The molecule has 0 unspecified atom stereocenters. The lowest BCUT2D eigenvalue weighted by Gasteiger charge is -2.18. The van der Waals surface area contributed by atoms with Gasteiger partial charge in [-0.3, -0.25) is 0 Å². The van der Waals surface area contributed by atoms with Crippen molar-refractivity contribution in [2.24, 2.45) is 0 Å². The van der Waals surface area contributed by atoms with Crippen molar-refractivity contribution in [1.82, 2.24) is 5.16 Å². The van der Waals surface area contributed by atoms with Crippen LogP contribution in [-0.4, -0.2) is 5.16 Å². The minimum atomic E-state index is -0.446. The van der Waals surface area contributed by atoms with Crippen LogP contribution in [-0.2, 0) is 0 Å². The topological polar surface area (TPSA) is 26.0 Å². The van der Waals surface area contributed by atoms with Gasteiger partial charge < -0.3 is 4.52 Å². The van der Waals surface area contributed by atoms with E-state index in [4.69, 9.17) is 4.52 Å². The average Bonchev–Trinajstić information content (AvgIpc) is 3.08. The number of benzene rings is 3. The van der Waals surface area contributed by atoms with Gasteiger partial charge in [-0.25, -0.2) is 0 Å². The summed E-state index contributed by atoms with van der Waals surface area (Å²) >= 11 is 0. The quantitative estimate of drug-likeness (QED) is 0.494. The molecule has 1 aromatic heterocycles. The Morgan fingerprint density at radius 2 is 1.00 bits per heavy atom. The van der Waals surface area contributed by atoms with Crippen LogP contribution in [0.15, 0.2) is 102 Å². The van der Waals surface area contributed by atoms with E-state index >= 15 is 0 Å². The molecule has 0 aliphatic rings. The molecular formula is C23H22NOP. The van der Waals surface area contributed by atoms with Crippen LogP contribution in [0.1, 0.15) is 11.5 Å². The molecule has 1 heterocycles. The maximum Gasteiger partial charge on any atom is 0.133 e. The summed E-state index contributed by atoms with van der Waals surface area (Å²) in [4.78, 5) is 0. The monoisotopic (exact) mass is 359 g/mol. The predicted molar refractivity (Wildman–Crippen MR) is 111 cm³/mol. The first-order valence-electron chi connectivity index (χ1n) is 8.59. The Kier molecular flexibility index (Phi) is 6.35. The van der Waals surface area contributed by atoms with E-state index in [1.807, 2.05) is 19.9 Å². The fraction of sp³-hybridized carbons (Fsp3) is 0.0870. The van der Waals surface area contributed by atoms with Crippen molar-refractivity contribution in [3.8, 4) is 0 Å². The van der Waals surface area contributed by atoms with Crippen molar-refractivity contribution in [2.75, 3.05) is 0 Å². The number of aryl methyl sites for hydroxylation is 2. The first kappa shape index (κ1) is 18.1. The third-order valence-electron chi connectivity index (χ3n) is 3.79. The van der Waals surface area contributed by atoms with Crippen LogP contribution in [0.4, 0.5) is 0 Å². The van der Waals surface area contributed by atoms with Crippen molar-refractivity contribution >= 4 is 23.8 Å². The molecule has 0 bridgehead atoms. The second-order valence-electron chi connectivity index (χ2n) is 5.92. The van der Waals surface area contributed by atoms with Crippen molar-refractivity contribution < 1.29 is 4.52 Å². The Morgan fingerprint density at radius 3 is 1.23 bits per heavy atom. The molecule has 0 saturated heterocycles. The number of nitrogens with zero attached hydrogens (tertiary/aromatic N) is 1. The molecule has 0 aliphatic carbocycles. The molecule has 130 valence electrons. The first-order chi connectivity index (χ1) is 12.7. The van der Waals surface area contributed by atoms with Crippen molar-refractivity contribution in [2.45, 2.75) is 13.8 Å². The third-order valence-corrected chi connectivity index (χ3v) is 6.23. The standard InChI is InChI=1S/C18H15P.C5H7NO/c1-4-10-16(11-5-1)19(17-12-6-2-7-13-17)18-14-8-3-9-15-18;1-4-3-5(2)7-6-4/h1-15H;3H,1-2H3. The lowest BCUT2D eigenvalue weighted by atomic mass is 10.4. The van der Waals surface area contributed by atoms with Gasteiger partial charge in [0.2, 0.25) is 0 Å². The molecule has 0 fully saturated rings. The largest absolute Gasteiger partial charge is 0.361 e. The summed E-state index contributed by atoms with van der Waals surface area (Å²) in [6, 6.07) is 34.2. The highest BCUT2D eigenvalue weighted by atomic mass is 31.1. The van der Waals surface area contributed by atoms with Gasteiger partial charge in [0.05, 0.1) is 5.69 Å². The lowest BCUT2D eigenvalue weighted by molar-refractivity contribution is 0.393. The molecule has 0 saturated carbocycles.